The van der Waals surface area contributed by atoms with Gasteiger partial charge in [-0.1, -0.05) is 281 Å². The van der Waals surface area contributed by atoms with Gasteiger partial charge in [-0.2, -0.15) is 0 Å². The van der Waals surface area contributed by atoms with E-state index in [2.05, 4.69) is 43.5 Å². The summed E-state index contributed by atoms with van der Waals surface area (Å²) in [5, 5.41) is 13.8. The number of phosphoric acid groups is 1. The Balaban J connectivity index is 3.92. The number of aliphatic hydroxyl groups is 1. The molecule has 0 aliphatic carbocycles. The lowest BCUT2D eigenvalue weighted by molar-refractivity contribution is -0.870. The molecule has 0 saturated heterocycles. The molecule has 0 heterocycles. The molecule has 426 valence electrons. The summed E-state index contributed by atoms with van der Waals surface area (Å²) in [5.74, 6) is -0.204. The van der Waals surface area contributed by atoms with Gasteiger partial charge in [0, 0.05) is 6.42 Å². The molecule has 0 aromatic heterocycles. The number of quaternary nitrogens is 1. The molecule has 0 radical (unpaired) electrons. The van der Waals surface area contributed by atoms with Crippen molar-refractivity contribution in [2.45, 2.75) is 321 Å². The minimum absolute atomic E-state index is 0.00519. The van der Waals surface area contributed by atoms with E-state index in [4.69, 9.17) is 9.05 Å². The van der Waals surface area contributed by atoms with Gasteiger partial charge >= 0.3 is 0 Å². The van der Waals surface area contributed by atoms with Crippen LogP contribution in [0.15, 0.2) is 36.5 Å². The number of hydrogen-bond donors (Lipinski definition) is 2. The molecule has 0 aliphatic heterocycles. The van der Waals surface area contributed by atoms with Gasteiger partial charge in [0.15, 0.2) is 0 Å². The maximum Gasteiger partial charge on any atom is 0.268 e. The summed E-state index contributed by atoms with van der Waals surface area (Å²) in [7, 11) is 1.25. The molecule has 0 spiro atoms. The molecule has 3 atom stereocenters. The average molecular weight is 1040 g/mol. The fraction of sp³-hybridized carbons (Fsp3) is 0.889. The third-order valence-electron chi connectivity index (χ3n) is 14.3. The highest BCUT2D eigenvalue weighted by Crippen LogP contribution is 2.38. The lowest BCUT2D eigenvalue weighted by Crippen LogP contribution is -2.45. The lowest BCUT2D eigenvalue weighted by atomic mass is 10.0. The van der Waals surface area contributed by atoms with Crippen LogP contribution in [-0.2, 0) is 18.4 Å². The number of aliphatic hydroxyl groups excluding tert-OH is 1. The van der Waals surface area contributed by atoms with Crippen LogP contribution < -0.4 is 10.2 Å². The van der Waals surface area contributed by atoms with Crippen molar-refractivity contribution in [2.24, 2.45) is 0 Å². The highest BCUT2D eigenvalue weighted by molar-refractivity contribution is 7.45. The van der Waals surface area contributed by atoms with Crippen LogP contribution in [0.5, 0.6) is 0 Å². The fourth-order valence-electron chi connectivity index (χ4n) is 9.40. The number of nitrogens with zero attached hydrogens (tertiary/aromatic N) is 1. The predicted molar refractivity (Wildman–Crippen MR) is 311 cm³/mol. The van der Waals surface area contributed by atoms with E-state index in [0.717, 1.165) is 38.5 Å². The monoisotopic (exact) mass is 1030 g/mol. The molecular weight excluding hydrogens is 912 g/mol. The van der Waals surface area contributed by atoms with Crippen LogP contribution in [0, 0.1) is 0 Å². The highest BCUT2D eigenvalue weighted by atomic mass is 31.2. The zero-order valence-corrected chi connectivity index (χ0v) is 49.5. The number of unbranched alkanes of at least 4 members (excludes halogenated alkanes) is 41. The first-order valence-corrected chi connectivity index (χ1v) is 32.8. The van der Waals surface area contributed by atoms with Crippen LogP contribution in [0.2, 0.25) is 0 Å². The molecule has 1 amide bonds. The normalized spacial score (nSPS) is 14.0. The Labute approximate surface area is 448 Å². The van der Waals surface area contributed by atoms with E-state index in [1.807, 2.05) is 27.2 Å². The molecule has 0 saturated carbocycles. The van der Waals surface area contributed by atoms with Gasteiger partial charge in [-0.15, -0.1) is 0 Å². The van der Waals surface area contributed by atoms with Crippen LogP contribution >= 0.6 is 7.82 Å². The third kappa shape index (κ3) is 56.4. The van der Waals surface area contributed by atoms with E-state index < -0.39 is 26.6 Å². The molecule has 0 rings (SSSR count). The van der Waals surface area contributed by atoms with Crippen molar-refractivity contribution in [3.63, 3.8) is 0 Å². The number of carbonyl (C=O) groups excluding carboxylic acids is 1. The molecular formula is C63H123N2O6P. The summed E-state index contributed by atoms with van der Waals surface area (Å²) in [4.78, 5) is 25.5. The van der Waals surface area contributed by atoms with Gasteiger partial charge in [0.25, 0.3) is 7.82 Å². The largest absolute Gasteiger partial charge is 0.756 e. The van der Waals surface area contributed by atoms with Gasteiger partial charge in [0.2, 0.25) is 5.91 Å². The van der Waals surface area contributed by atoms with Gasteiger partial charge in [-0.3, -0.25) is 9.36 Å². The second-order valence-corrected chi connectivity index (χ2v) is 24.2. The molecule has 9 heteroatoms. The van der Waals surface area contributed by atoms with Crippen LogP contribution in [0.25, 0.3) is 0 Å². The molecule has 0 fully saturated rings. The minimum Gasteiger partial charge on any atom is -0.756 e. The van der Waals surface area contributed by atoms with E-state index >= 15 is 0 Å². The Morgan fingerprint density at radius 2 is 0.778 bits per heavy atom. The number of carbonyl (C=O) groups is 1. The third-order valence-corrected chi connectivity index (χ3v) is 15.3. The maximum absolute atomic E-state index is 12.9. The number of hydrogen-bond acceptors (Lipinski definition) is 6. The van der Waals surface area contributed by atoms with Gasteiger partial charge in [0.1, 0.15) is 13.2 Å². The summed E-state index contributed by atoms with van der Waals surface area (Å²) in [5.41, 5.74) is 0. The summed E-state index contributed by atoms with van der Waals surface area (Å²) in [6.45, 7) is 4.65. The van der Waals surface area contributed by atoms with Crippen molar-refractivity contribution in [1.29, 1.82) is 0 Å². The van der Waals surface area contributed by atoms with Gasteiger partial charge in [-0.25, -0.2) is 0 Å². The van der Waals surface area contributed by atoms with Crippen LogP contribution in [0.3, 0.4) is 0 Å². The topological polar surface area (TPSA) is 108 Å². The molecule has 0 bridgehead atoms. The Bertz CT molecular complexity index is 1270. The number of allylic oxidation sites excluding steroid dienone is 5. The van der Waals surface area contributed by atoms with Crippen LogP contribution in [0.1, 0.15) is 309 Å². The van der Waals surface area contributed by atoms with E-state index in [1.165, 1.54) is 250 Å². The summed E-state index contributed by atoms with van der Waals surface area (Å²) in [6, 6.07) is -0.901. The smallest absolute Gasteiger partial charge is 0.268 e. The zero-order chi connectivity index (χ0) is 52.7. The van der Waals surface area contributed by atoms with E-state index in [9.17, 15) is 19.4 Å². The first kappa shape index (κ1) is 70.7. The van der Waals surface area contributed by atoms with Gasteiger partial charge in [0.05, 0.1) is 39.9 Å². The second-order valence-electron chi connectivity index (χ2n) is 22.8. The number of rotatable bonds is 58. The molecule has 0 aromatic carbocycles. The highest BCUT2D eigenvalue weighted by Gasteiger charge is 2.23. The zero-order valence-electron chi connectivity index (χ0n) is 48.6. The standard InChI is InChI=1S/C63H123N2O6P/c1-6-8-10-12-14-16-18-20-21-22-23-24-25-26-27-28-29-30-31-32-33-34-35-36-37-38-39-40-41-42-43-45-47-49-51-53-55-57-63(67)64-61(60-71-72(68,69)70-59-58-65(3,4)5)62(66)56-54-52-50-48-46-44-19-17-15-13-11-9-7-2/h30-31,46,48,54,56,61-62,66H,6-29,32-45,47,49-53,55,57-60H2,1-5H3,(H-,64,67,68,69)/b31-30-,48-46+,56-54+. The Morgan fingerprint density at radius 1 is 0.472 bits per heavy atom. The molecule has 8 nitrogen and oxygen atoms in total. The predicted octanol–water partition coefficient (Wildman–Crippen LogP) is 18.7. The lowest BCUT2D eigenvalue weighted by Gasteiger charge is -2.29. The van der Waals surface area contributed by atoms with Crippen molar-refractivity contribution in [3.05, 3.63) is 36.5 Å². The Morgan fingerprint density at radius 3 is 1.12 bits per heavy atom. The van der Waals surface area contributed by atoms with Crippen LogP contribution in [0.4, 0.5) is 0 Å². The molecule has 72 heavy (non-hydrogen) atoms. The summed E-state index contributed by atoms with van der Waals surface area (Å²) < 4.78 is 23.3. The van der Waals surface area contributed by atoms with Crippen molar-refractivity contribution in [1.82, 2.24) is 5.32 Å². The van der Waals surface area contributed by atoms with E-state index in [-0.39, 0.29) is 12.5 Å². The van der Waals surface area contributed by atoms with Crippen molar-refractivity contribution >= 4 is 13.7 Å². The number of nitrogens with one attached hydrogen (secondary N) is 1. The maximum atomic E-state index is 12.9. The van der Waals surface area contributed by atoms with Crippen molar-refractivity contribution < 1.29 is 32.9 Å². The quantitative estimate of drug-likeness (QED) is 0.0272. The molecule has 3 unspecified atom stereocenters. The SMILES string of the molecule is CCCCCCCCC/C=C/CC/C=C/C(O)C(COP(=O)([O-])OCC[N+](C)(C)C)NC(=O)CCCCCCCCCCCCCCCCCCC/C=C\CCCCCCCCCCCCCCCCCC. The minimum atomic E-state index is -4.60. The van der Waals surface area contributed by atoms with E-state index in [1.54, 1.807) is 6.08 Å². The second kappa shape index (κ2) is 54.5. The summed E-state index contributed by atoms with van der Waals surface area (Å²) >= 11 is 0. The van der Waals surface area contributed by atoms with Crippen molar-refractivity contribution in [2.75, 3.05) is 40.9 Å². The van der Waals surface area contributed by atoms with Gasteiger partial charge < -0.3 is 28.8 Å². The Kier molecular flexibility index (Phi) is 53.5. The average Bonchev–Trinajstić information content (AvgIpc) is 3.34. The number of likely N-dealkylation sites (N-methyl/N-ethyl adjacent to an activating group) is 1. The molecule has 0 aliphatic rings. The van der Waals surface area contributed by atoms with Crippen LogP contribution in [-0.4, -0.2) is 68.5 Å². The first-order chi connectivity index (χ1) is 35.0. The number of amides is 1. The van der Waals surface area contributed by atoms with Crippen molar-refractivity contribution in [3.8, 4) is 0 Å². The number of phosphoric ester groups is 1. The summed E-state index contributed by atoms with van der Waals surface area (Å²) in [6.07, 6.45) is 71.3. The van der Waals surface area contributed by atoms with E-state index in [0.29, 0.717) is 17.4 Å². The molecule has 2 N–H and O–H groups in total. The first-order valence-electron chi connectivity index (χ1n) is 31.4. The fourth-order valence-corrected chi connectivity index (χ4v) is 10.1. The molecule has 0 aromatic rings. The Hall–Kier alpha value is -1.28. The van der Waals surface area contributed by atoms with Gasteiger partial charge in [-0.05, 0) is 57.8 Å².